The van der Waals surface area contributed by atoms with Crippen LogP contribution < -0.4 is 0 Å². The summed E-state index contributed by atoms with van der Waals surface area (Å²) in [5, 5.41) is 8.22. The van der Waals surface area contributed by atoms with Gasteiger partial charge in [0, 0.05) is 12.1 Å². The normalized spacial score (nSPS) is 10.5. The summed E-state index contributed by atoms with van der Waals surface area (Å²) in [5.41, 5.74) is 3.34. The third-order valence-corrected chi connectivity index (χ3v) is 2.34. The topological polar surface area (TPSA) is 30.7 Å². The molecule has 0 bridgehead atoms. The molecule has 3 nitrogen and oxygen atoms in total. The quantitative estimate of drug-likeness (QED) is 0.764. The van der Waals surface area contributed by atoms with Crippen LogP contribution in [0.4, 0.5) is 0 Å². The molecule has 0 fully saturated rings. The fourth-order valence-electron chi connectivity index (χ4n) is 1.49. The lowest BCUT2D eigenvalue weighted by atomic mass is 10.1. The van der Waals surface area contributed by atoms with Crippen LogP contribution in [0.25, 0.3) is 11.3 Å². The van der Waals surface area contributed by atoms with E-state index in [2.05, 4.69) is 48.4 Å². The van der Waals surface area contributed by atoms with Crippen LogP contribution in [-0.4, -0.2) is 15.0 Å². The maximum absolute atomic E-state index is 4.15. The molecule has 2 aromatic rings. The number of benzene rings is 1. The van der Waals surface area contributed by atoms with Crippen LogP contribution in [0.15, 0.2) is 30.5 Å². The first-order chi connectivity index (χ1) is 7.29. The molecule has 1 aromatic carbocycles. The Bertz CT molecular complexity index is 428. The Kier molecular flexibility index (Phi) is 2.81. The van der Waals surface area contributed by atoms with Gasteiger partial charge in [-0.25, -0.2) is 0 Å². The summed E-state index contributed by atoms with van der Waals surface area (Å²) in [4.78, 5) is 0. The second-order valence-corrected chi connectivity index (χ2v) is 3.73. The van der Waals surface area contributed by atoms with E-state index in [9.17, 15) is 0 Å². The lowest BCUT2D eigenvalue weighted by Gasteiger charge is -1.96. The molecule has 0 amide bonds. The molecule has 0 unspecified atom stereocenters. The predicted octanol–water partition coefficient (Wildman–Crippen LogP) is 2.66. The molecule has 3 heteroatoms. The molecule has 15 heavy (non-hydrogen) atoms. The van der Waals surface area contributed by atoms with E-state index in [0.29, 0.717) is 0 Å². The van der Waals surface area contributed by atoms with Gasteiger partial charge in [-0.15, -0.1) is 5.10 Å². The zero-order chi connectivity index (χ0) is 10.7. The van der Waals surface area contributed by atoms with Gasteiger partial charge in [0.1, 0.15) is 5.69 Å². The molecule has 0 aliphatic rings. The molecule has 0 N–H and O–H groups in total. The van der Waals surface area contributed by atoms with Crippen molar-refractivity contribution in [3.05, 3.63) is 36.0 Å². The Morgan fingerprint density at radius 2 is 1.93 bits per heavy atom. The Morgan fingerprint density at radius 3 is 2.60 bits per heavy atom. The highest BCUT2D eigenvalue weighted by Gasteiger charge is 2.02. The van der Waals surface area contributed by atoms with Crippen LogP contribution >= 0.6 is 0 Å². The van der Waals surface area contributed by atoms with Crippen molar-refractivity contribution in [2.45, 2.75) is 26.8 Å². The fraction of sp³-hybridized carbons (Fsp3) is 0.333. The molecule has 2 rings (SSSR count). The lowest BCUT2D eigenvalue weighted by Crippen LogP contribution is -1.96. The smallest absolute Gasteiger partial charge is 0.113 e. The third kappa shape index (κ3) is 2.24. The summed E-state index contributed by atoms with van der Waals surface area (Å²) in [7, 11) is 0. The summed E-state index contributed by atoms with van der Waals surface area (Å²) in [5.74, 6) is 0. The van der Waals surface area contributed by atoms with Crippen molar-refractivity contribution in [3.8, 4) is 11.3 Å². The molecule has 78 valence electrons. The Morgan fingerprint density at radius 1 is 1.20 bits per heavy atom. The van der Waals surface area contributed by atoms with E-state index in [4.69, 9.17) is 0 Å². The molecule has 0 saturated heterocycles. The van der Waals surface area contributed by atoms with Gasteiger partial charge in [-0.05, 0) is 13.3 Å². The fourth-order valence-corrected chi connectivity index (χ4v) is 1.49. The number of aryl methyl sites for hydroxylation is 2. The van der Waals surface area contributed by atoms with Gasteiger partial charge < -0.3 is 0 Å². The standard InChI is InChI=1S/C12H15N3/c1-3-8-15-9-12(13-14-15)11-6-4-10(2)5-7-11/h4-7,9H,3,8H2,1-2H3. The van der Waals surface area contributed by atoms with Crippen LogP contribution in [0, 0.1) is 6.92 Å². The van der Waals surface area contributed by atoms with Crippen molar-refractivity contribution >= 4 is 0 Å². The number of hydrogen-bond acceptors (Lipinski definition) is 2. The molecule has 1 heterocycles. The molecule has 0 aliphatic heterocycles. The van der Waals surface area contributed by atoms with Gasteiger partial charge in [0.05, 0.1) is 6.20 Å². The van der Waals surface area contributed by atoms with E-state index in [1.165, 1.54) is 5.56 Å². The molecule has 0 atom stereocenters. The molecular weight excluding hydrogens is 186 g/mol. The van der Waals surface area contributed by atoms with Crippen molar-refractivity contribution in [2.75, 3.05) is 0 Å². The largest absolute Gasteiger partial charge is 0.252 e. The van der Waals surface area contributed by atoms with Crippen molar-refractivity contribution in [1.82, 2.24) is 15.0 Å². The monoisotopic (exact) mass is 201 g/mol. The molecule has 0 spiro atoms. The summed E-state index contributed by atoms with van der Waals surface area (Å²) in [6.07, 6.45) is 3.07. The first-order valence-corrected chi connectivity index (χ1v) is 5.27. The minimum absolute atomic E-state index is 0.929. The lowest BCUT2D eigenvalue weighted by molar-refractivity contribution is 0.579. The average Bonchev–Trinajstić information content (AvgIpc) is 2.68. The summed E-state index contributed by atoms with van der Waals surface area (Å²) in [6, 6.07) is 8.34. The third-order valence-electron chi connectivity index (χ3n) is 2.34. The average molecular weight is 201 g/mol. The Balaban J connectivity index is 2.25. The van der Waals surface area contributed by atoms with Crippen LogP contribution in [0.2, 0.25) is 0 Å². The summed E-state index contributed by atoms with van der Waals surface area (Å²) >= 11 is 0. The van der Waals surface area contributed by atoms with E-state index < -0.39 is 0 Å². The van der Waals surface area contributed by atoms with Crippen LogP contribution in [0.1, 0.15) is 18.9 Å². The first kappa shape index (κ1) is 9.90. The van der Waals surface area contributed by atoms with Gasteiger partial charge in [-0.3, -0.25) is 4.68 Å². The van der Waals surface area contributed by atoms with Crippen LogP contribution in [0.3, 0.4) is 0 Å². The van der Waals surface area contributed by atoms with Crippen molar-refractivity contribution in [1.29, 1.82) is 0 Å². The van der Waals surface area contributed by atoms with E-state index in [0.717, 1.165) is 24.2 Å². The van der Waals surface area contributed by atoms with Gasteiger partial charge in [-0.2, -0.15) is 0 Å². The van der Waals surface area contributed by atoms with Crippen LogP contribution in [0.5, 0.6) is 0 Å². The highest BCUT2D eigenvalue weighted by Crippen LogP contribution is 2.16. The number of aromatic nitrogens is 3. The predicted molar refractivity (Wildman–Crippen MR) is 60.5 cm³/mol. The van der Waals surface area contributed by atoms with Crippen LogP contribution in [-0.2, 0) is 6.54 Å². The maximum atomic E-state index is 4.15. The van der Waals surface area contributed by atoms with E-state index in [1.54, 1.807) is 0 Å². The van der Waals surface area contributed by atoms with E-state index >= 15 is 0 Å². The Labute approximate surface area is 89.7 Å². The highest BCUT2D eigenvalue weighted by molar-refractivity contribution is 5.57. The van der Waals surface area contributed by atoms with Gasteiger partial charge in [0.25, 0.3) is 0 Å². The van der Waals surface area contributed by atoms with Gasteiger partial charge in [0.15, 0.2) is 0 Å². The second kappa shape index (κ2) is 4.26. The molecule has 0 aliphatic carbocycles. The van der Waals surface area contributed by atoms with Gasteiger partial charge in [0.2, 0.25) is 0 Å². The molecular formula is C12H15N3. The van der Waals surface area contributed by atoms with E-state index in [-0.39, 0.29) is 0 Å². The Hall–Kier alpha value is -1.64. The summed E-state index contributed by atoms with van der Waals surface area (Å²) < 4.78 is 1.88. The SMILES string of the molecule is CCCn1cc(-c2ccc(C)cc2)nn1. The maximum Gasteiger partial charge on any atom is 0.113 e. The number of nitrogens with zero attached hydrogens (tertiary/aromatic N) is 3. The highest BCUT2D eigenvalue weighted by atomic mass is 15.4. The molecule has 0 radical (unpaired) electrons. The number of rotatable bonds is 3. The molecule has 1 aromatic heterocycles. The zero-order valence-corrected chi connectivity index (χ0v) is 9.14. The zero-order valence-electron chi connectivity index (χ0n) is 9.14. The van der Waals surface area contributed by atoms with E-state index in [1.807, 2.05) is 10.9 Å². The minimum atomic E-state index is 0.929. The minimum Gasteiger partial charge on any atom is -0.252 e. The number of hydrogen-bond donors (Lipinski definition) is 0. The van der Waals surface area contributed by atoms with Crippen molar-refractivity contribution < 1.29 is 0 Å². The molecule has 0 saturated carbocycles. The van der Waals surface area contributed by atoms with Crippen molar-refractivity contribution in [3.63, 3.8) is 0 Å². The van der Waals surface area contributed by atoms with Gasteiger partial charge in [-0.1, -0.05) is 42.0 Å². The van der Waals surface area contributed by atoms with Gasteiger partial charge >= 0.3 is 0 Å². The first-order valence-electron chi connectivity index (χ1n) is 5.27. The van der Waals surface area contributed by atoms with Crippen molar-refractivity contribution in [2.24, 2.45) is 0 Å². The summed E-state index contributed by atoms with van der Waals surface area (Å²) in [6.45, 7) is 5.14. The second-order valence-electron chi connectivity index (χ2n) is 3.73.